The number of ether oxygens (including phenoxy) is 3. The molecule has 0 fully saturated rings. The molecule has 0 bridgehead atoms. The SMILES string of the molecule is COCCCOc1cc2c(cc1OC)-c1cc(=O)c(C(=O)NC(=N)/N=N\N)cn1C(C(C)C)C2. The van der Waals surface area contributed by atoms with Gasteiger partial charge in [-0.2, -0.15) is 0 Å². The van der Waals surface area contributed by atoms with Crippen molar-refractivity contribution < 1.29 is 19.0 Å². The molecule has 34 heavy (non-hydrogen) atoms. The summed E-state index contributed by atoms with van der Waals surface area (Å²) < 4.78 is 18.5. The second-order valence-corrected chi connectivity index (χ2v) is 8.23. The predicted octanol–water partition coefficient (Wildman–Crippen LogP) is 2.68. The number of pyridine rings is 1. The molecule has 0 aliphatic carbocycles. The van der Waals surface area contributed by atoms with Crippen molar-refractivity contribution in [3.63, 3.8) is 0 Å². The lowest BCUT2D eigenvalue weighted by Crippen LogP contribution is -2.34. The highest BCUT2D eigenvalue weighted by atomic mass is 16.5. The molecule has 0 spiro atoms. The van der Waals surface area contributed by atoms with Gasteiger partial charge in [-0.05, 0) is 30.0 Å². The lowest BCUT2D eigenvalue weighted by molar-refractivity contribution is 0.0974. The zero-order chi connectivity index (χ0) is 24.8. The van der Waals surface area contributed by atoms with Gasteiger partial charge in [0, 0.05) is 44.0 Å². The summed E-state index contributed by atoms with van der Waals surface area (Å²) in [5.41, 5.74) is 1.98. The van der Waals surface area contributed by atoms with Gasteiger partial charge in [0.05, 0.1) is 19.4 Å². The van der Waals surface area contributed by atoms with E-state index in [0.717, 1.165) is 17.5 Å². The Hall–Kier alpha value is -3.73. The number of methoxy groups -OCH3 is 2. The fraction of sp³-hybridized carbons (Fsp3) is 0.435. The van der Waals surface area contributed by atoms with Crippen molar-refractivity contribution in [3.05, 3.63) is 45.7 Å². The number of aromatic nitrogens is 1. The average Bonchev–Trinajstić information content (AvgIpc) is 2.80. The summed E-state index contributed by atoms with van der Waals surface area (Å²) in [4.78, 5) is 25.5. The van der Waals surface area contributed by atoms with Crippen LogP contribution in [0.5, 0.6) is 11.5 Å². The number of amides is 1. The number of rotatable bonds is 8. The molecule has 11 heteroatoms. The first-order chi connectivity index (χ1) is 16.3. The molecule has 1 aliphatic heterocycles. The van der Waals surface area contributed by atoms with Gasteiger partial charge < -0.3 is 24.6 Å². The van der Waals surface area contributed by atoms with Crippen LogP contribution in [-0.4, -0.2) is 43.9 Å². The number of benzene rings is 1. The van der Waals surface area contributed by atoms with E-state index >= 15 is 0 Å². The number of fused-ring (bicyclic) bond motifs is 3. The first-order valence-electron chi connectivity index (χ1n) is 10.9. The van der Waals surface area contributed by atoms with Gasteiger partial charge in [-0.1, -0.05) is 24.2 Å². The van der Waals surface area contributed by atoms with Gasteiger partial charge in [-0.15, -0.1) is 0 Å². The maximum atomic E-state index is 12.9. The Bertz CT molecular complexity index is 1160. The topological polar surface area (TPSA) is 153 Å². The molecule has 1 aromatic heterocycles. The van der Waals surface area contributed by atoms with Crippen LogP contribution in [0.2, 0.25) is 0 Å². The van der Waals surface area contributed by atoms with Gasteiger partial charge in [0.15, 0.2) is 16.9 Å². The van der Waals surface area contributed by atoms with Gasteiger partial charge in [-0.25, -0.2) is 0 Å². The van der Waals surface area contributed by atoms with Crippen LogP contribution >= 0.6 is 0 Å². The molecule has 0 radical (unpaired) electrons. The van der Waals surface area contributed by atoms with Crippen molar-refractivity contribution in [1.29, 1.82) is 5.41 Å². The van der Waals surface area contributed by atoms with E-state index in [9.17, 15) is 9.59 Å². The highest BCUT2D eigenvalue weighted by Crippen LogP contribution is 2.42. The molecule has 1 aliphatic rings. The van der Waals surface area contributed by atoms with Crippen LogP contribution < -0.4 is 26.1 Å². The third kappa shape index (κ3) is 5.25. The van der Waals surface area contributed by atoms with E-state index < -0.39 is 17.3 Å². The first kappa shape index (κ1) is 24.9. The normalized spacial score (nSPS) is 14.6. The monoisotopic (exact) mass is 470 g/mol. The zero-order valence-electron chi connectivity index (χ0n) is 19.8. The Labute approximate surface area is 197 Å². The molecule has 2 aromatic rings. The van der Waals surface area contributed by atoms with E-state index in [4.69, 9.17) is 25.5 Å². The van der Waals surface area contributed by atoms with Gasteiger partial charge >= 0.3 is 0 Å². The van der Waals surface area contributed by atoms with Crippen LogP contribution in [0.25, 0.3) is 11.3 Å². The molecule has 1 aromatic carbocycles. The predicted molar refractivity (Wildman–Crippen MR) is 126 cm³/mol. The summed E-state index contributed by atoms with van der Waals surface area (Å²) in [7, 11) is 3.22. The first-order valence-corrected chi connectivity index (χ1v) is 10.9. The minimum Gasteiger partial charge on any atom is -0.493 e. The maximum absolute atomic E-state index is 12.9. The van der Waals surface area contributed by atoms with Crippen LogP contribution in [0.3, 0.4) is 0 Å². The summed E-state index contributed by atoms with van der Waals surface area (Å²) in [5.74, 6) is 5.02. The van der Waals surface area contributed by atoms with E-state index in [1.165, 1.54) is 12.3 Å². The highest BCUT2D eigenvalue weighted by Gasteiger charge is 2.29. The Balaban J connectivity index is 2.06. The van der Waals surface area contributed by atoms with E-state index in [1.807, 2.05) is 16.7 Å². The van der Waals surface area contributed by atoms with Crippen LogP contribution in [0.1, 0.15) is 42.2 Å². The number of carbonyl (C=O) groups is 1. The molecule has 3 rings (SSSR count). The van der Waals surface area contributed by atoms with Crippen molar-refractivity contribution in [2.75, 3.05) is 27.4 Å². The highest BCUT2D eigenvalue weighted by molar-refractivity contribution is 6.04. The van der Waals surface area contributed by atoms with Crippen LogP contribution in [0.4, 0.5) is 0 Å². The Morgan fingerprint density at radius 2 is 2.03 bits per heavy atom. The number of nitrogens with zero attached hydrogens (tertiary/aromatic N) is 3. The van der Waals surface area contributed by atoms with E-state index in [0.29, 0.717) is 36.8 Å². The maximum Gasteiger partial charge on any atom is 0.263 e. The van der Waals surface area contributed by atoms with Crippen molar-refractivity contribution >= 4 is 11.9 Å². The molecule has 1 unspecified atom stereocenters. The molecular weight excluding hydrogens is 440 g/mol. The summed E-state index contributed by atoms with van der Waals surface area (Å²) in [6.07, 6.45) is 2.97. The number of nitrogens with two attached hydrogens (primary N) is 1. The number of nitrogens with one attached hydrogen (secondary N) is 2. The molecule has 11 nitrogen and oxygen atoms in total. The summed E-state index contributed by atoms with van der Waals surface area (Å²) in [6, 6.07) is 5.26. The average molecular weight is 471 g/mol. The summed E-state index contributed by atoms with van der Waals surface area (Å²) in [5, 5.41) is 16.0. The van der Waals surface area contributed by atoms with Gasteiger partial charge in [0.1, 0.15) is 5.56 Å². The van der Waals surface area contributed by atoms with Crippen LogP contribution in [0, 0.1) is 11.3 Å². The molecular formula is C23H30N6O5. The lowest BCUT2D eigenvalue weighted by atomic mass is 9.87. The fourth-order valence-corrected chi connectivity index (χ4v) is 4.02. The van der Waals surface area contributed by atoms with Crippen molar-refractivity contribution in [3.8, 4) is 22.8 Å². The number of hydrogen-bond acceptors (Lipinski definition) is 7. The lowest BCUT2D eigenvalue weighted by Gasteiger charge is -2.34. The van der Waals surface area contributed by atoms with Crippen molar-refractivity contribution in [2.45, 2.75) is 32.7 Å². The van der Waals surface area contributed by atoms with Crippen LogP contribution in [0.15, 0.2) is 39.5 Å². The van der Waals surface area contributed by atoms with Gasteiger partial charge in [0.2, 0.25) is 5.96 Å². The van der Waals surface area contributed by atoms with Crippen molar-refractivity contribution in [2.24, 2.45) is 22.1 Å². The van der Waals surface area contributed by atoms with Crippen molar-refractivity contribution in [1.82, 2.24) is 9.88 Å². The minimum atomic E-state index is -0.747. The number of carbonyl (C=O) groups excluding carboxylic acids is 1. The molecule has 0 saturated heterocycles. The van der Waals surface area contributed by atoms with Crippen LogP contribution in [-0.2, 0) is 11.2 Å². The molecule has 4 N–H and O–H groups in total. The standard InChI is InChI=1S/C23H30N6O5/c1-13(2)17-8-14-9-21(34-7-5-6-32-3)20(33-4)10-15(14)18-11-19(30)16(12-29(17)18)22(31)26-23(24)27-28-25/h9-13,17H,5-8H2,1-4H3,(H4,24,25,26,27,31). The minimum absolute atomic E-state index is 0.00688. The summed E-state index contributed by atoms with van der Waals surface area (Å²) >= 11 is 0. The molecule has 1 atom stereocenters. The van der Waals surface area contributed by atoms with E-state index in [-0.39, 0.29) is 17.5 Å². The third-order valence-electron chi connectivity index (χ3n) is 5.69. The quantitative estimate of drug-likeness (QED) is 0.135. The largest absolute Gasteiger partial charge is 0.493 e. The molecule has 2 heterocycles. The van der Waals surface area contributed by atoms with Gasteiger partial charge in [0.25, 0.3) is 5.91 Å². The zero-order valence-corrected chi connectivity index (χ0v) is 19.8. The van der Waals surface area contributed by atoms with E-state index in [1.54, 1.807) is 14.2 Å². The number of hydrogen-bond donors (Lipinski definition) is 3. The second kappa shape index (κ2) is 10.9. The summed E-state index contributed by atoms with van der Waals surface area (Å²) in [6.45, 7) is 5.26. The smallest absolute Gasteiger partial charge is 0.263 e. The molecule has 182 valence electrons. The molecule has 0 saturated carbocycles. The second-order valence-electron chi connectivity index (χ2n) is 8.23. The Morgan fingerprint density at radius 3 is 2.68 bits per heavy atom. The third-order valence-corrected chi connectivity index (χ3v) is 5.69. The fourth-order valence-electron chi connectivity index (χ4n) is 4.02. The van der Waals surface area contributed by atoms with E-state index in [2.05, 4.69) is 29.5 Å². The Kier molecular flexibility index (Phi) is 8.00. The van der Waals surface area contributed by atoms with Gasteiger partial charge in [-0.3, -0.25) is 20.3 Å². The Morgan fingerprint density at radius 1 is 1.26 bits per heavy atom. The molecule has 1 amide bonds. The number of guanidine groups is 1.